The van der Waals surface area contributed by atoms with Crippen molar-refractivity contribution in [3.05, 3.63) is 30.0 Å². The van der Waals surface area contributed by atoms with Crippen LogP contribution in [0.3, 0.4) is 0 Å². The predicted octanol–water partition coefficient (Wildman–Crippen LogP) is 8.72. The zero-order valence-corrected chi connectivity index (χ0v) is 22.4. The Morgan fingerprint density at radius 3 is 1.72 bits per heavy atom. The Labute approximate surface area is 183 Å². The van der Waals surface area contributed by atoms with E-state index in [-0.39, 0.29) is 0 Å². The summed E-state index contributed by atoms with van der Waals surface area (Å²) in [5.74, 6) is 2.97. The minimum absolute atomic E-state index is 0.920. The molecule has 2 heterocycles. The Kier molecular flexibility index (Phi) is 11.6. The second kappa shape index (κ2) is 13.6. The molecule has 29 heavy (non-hydrogen) atoms. The molecule has 0 radical (unpaired) electrons. The number of hydrogen-bond donors (Lipinski definition) is 0. The first kappa shape index (κ1) is 24.6. The van der Waals surface area contributed by atoms with Crippen molar-refractivity contribution in [2.75, 3.05) is 0 Å². The molecule has 0 saturated carbocycles. The Morgan fingerprint density at radius 2 is 1.14 bits per heavy atom. The van der Waals surface area contributed by atoms with E-state index in [0.717, 1.165) is 23.7 Å². The van der Waals surface area contributed by atoms with Gasteiger partial charge in [-0.15, -0.1) is 0 Å². The number of rotatable bonds is 16. The molecule has 0 atom stereocenters. The van der Waals surface area contributed by atoms with Crippen molar-refractivity contribution < 1.29 is 8.83 Å². The summed E-state index contributed by atoms with van der Waals surface area (Å²) in [7, 11) is 0. The summed E-state index contributed by atoms with van der Waals surface area (Å²) < 4.78 is 18.5. The van der Waals surface area contributed by atoms with E-state index in [1.807, 2.05) is 0 Å². The molecule has 0 aliphatic carbocycles. The Bertz CT molecular complexity index is 648. The van der Waals surface area contributed by atoms with Crippen LogP contribution in [0.25, 0.3) is 11.5 Å². The van der Waals surface area contributed by atoms with E-state index in [1.54, 1.807) is 0 Å². The average Bonchev–Trinajstić information content (AvgIpc) is 3.41. The van der Waals surface area contributed by atoms with Crippen molar-refractivity contribution in [3.8, 4) is 11.5 Å². The minimum atomic E-state index is -2.48. The monoisotopic (exact) mass is 508 g/mol. The molecule has 3 heteroatoms. The van der Waals surface area contributed by atoms with Crippen molar-refractivity contribution in [2.24, 2.45) is 0 Å². The van der Waals surface area contributed by atoms with Crippen molar-refractivity contribution in [2.45, 2.75) is 112 Å². The molecule has 164 valence electrons. The number of unbranched alkanes of at least 4 members (excludes halogenated alkanes) is 6. The van der Waals surface area contributed by atoms with Crippen molar-refractivity contribution in [1.82, 2.24) is 0 Å². The molecule has 0 bridgehead atoms. The van der Waals surface area contributed by atoms with Crippen molar-refractivity contribution >= 4 is 22.2 Å². The van der Waals surface area contributed by atoms with E-state index in [4.69, 9.17) is 8.83 Å². The number of aryl methyl sites for hydroxylation is 1. The Hall–Kier alpha value is -0.641. The van der Waals surface area contributed by atoms with Crippen LogP contribution in [-0.4, -0.2) is 18.4 Å². The molecule has 0 spiro atoms. The molecule has 2 rings (SSSR count). The summed E-state index contributed by atoms with van der Waals surface area (Å²) in [6.45, 7) is 9.24. The quantitative estimate of drug-likeness (QED) is 0.168. The van der Waals surface area contributed by atoms with Gasteiger partial charge in [-0.05, 0) is 0 Å². The van der Waals surface area contributed by atoms with Gasteiger partial charge in [-0.2, -0.15) is 0 Å². The number of furan rings is 2. The van der Waals surface area contributed by atoms with Crippen molar-refractivity contribution in [3.63, 3.8) is 0 Å². The summed E-state index contributed by atoms with van der Waals surface area (Å²) in [5.41, 5.74) is 0. The van der Waals surface area contributed by atoms with Crippen molar-refractivity contribution in [1.29, 1.82) is 0 Å². The van der Waals surface area contributed by atoms with Gasteiger partial charge in [-0.1, -0.05) is 0 Å². The van der Waals surface area contributed by atoms with Crippen LogP contribution in [0.2, 0.25) is 13.3 Å². The van der Waals surface area contributed by atoms with Crippen LogP contribution in [0.15, 0.2) is 33.1 Å². The van der Waals surface area contributed by atoms with Gasteiger partial charge in [-0.3, -0.25) is 0 Å². The fourth-order valence-corrected chi connectivity index (χ4v) is 19.7. The molecular formula is C26H44O2Sn. The summed E-state index contributed by atoms with van der Waals surface area (Å²) in [5, 5.41) is 0. The molecule has 2 nitrogen and oxygen atoms in total. The van der Waals surface area contributed by atoms with E-state index >= 15 is 0 Å². The molecule has 0 fully saturated rings. The van der Waals surface area contributed by atoms with E-state index in [2.05, 4.69) is 52.0 Å². The van der Waals surface area contributed by atoms with Gasteiger partial charge in [0.05, 0.1) is 0 Å². The zero-order valence-electron chi connectivity index (χ0n) is 19.5. The molecule has 0 unspecified atom stereocenters. The van der Waals surface area contributed by atoms with E-state index in [0.29, 0.717) is 0 Å². The zero-order chi connectivity index (χ0) is 21.0. The topological polar surface area (TPSA) is 26.3 Å². The molecule has 0 saturated heterocycles. The van der Waals surface area contributed by atoms with Gasteiger partial charge in [0.15, 0.2) is 0 Å². The number of hydrogen-bond acceptors (Lipinski definition) is 2. The fourth-order valence-electron chi connectivity index (χ4n) is 4.42. The standard InChI is InChI=1S/C14H17O2.3C4H9.Sn/c1-2-3-4-5-7-12-9-10-14(16-12)13-8-6-11-15-13;3*1-3-4-2;/h6,8-10H,2-5,7H2,1H3;3*1,3-4H2,2H3;. The maximum atomic E-state index is 6.58. The molecule has 0 aliphatic heterocycles. The van der Waals surface area contributed by atoms with Crippen LogP contribution in [0.1, 0.15) is 97.7 Å². The SMILES string of the molecule is CCCCCCc1ccc(-c2cc[c]([Sn]([CH2]CCC)([CH2]CCC)[CH2]CCC)o2)o1. The van der Waals surface area contributed by atoms with E-state index < -0.39 is 18.4 Å². The van der Waals surface area contributed by atoms with Crippen LogP contribution in [0, 0.1) is 0 Å². The molecule has 2 aromatic heterocycles. The van der Waals surface area contributed by atoms with Crippen LogP contribution in [0.5, 0.6) is 0 Å². The van der Waals surface area contributed by atoms with Crippen LogP contribution in [0.4, 0.5) is 0 Å². The Balaban J connectivity index is 2.16. The normalized spacial score (nSPS) is 12.0. The fraction of sp³-hybridized carbons (Fsp3) is 0.692. The predicted molar refractivity (Wildman–Crippen MR) is 129 cm³/mol. The Morgan fingerprint density at radius 1 is 0.586 bits per heavy atom. The van der Waals surface area contributed by atoms with Gasteiger partial charge in [-0.25, -0.2) is 0 Å². The molecule has 2 aromatic rings. The molecular weight excluding hydrogens is 463 g/mol. The summed E-state index contributed by atoms with van der Waals surface area (Å²) in [6.07, 6.45) is 14.1. The first-order valence-electron chi connectivity index (χ1n) is 12.4. The molecule has 0 N–H and O–H groups in total. The second-order valence-corrected chi connectivity index (χ2v) is 21.8. The maximum absolute atomic E-state index is 6.58. The third kappa shape index (κ3) is 7.52. The molecule has 0 aromatic carbocycles. The van der Waals surface area contributed by atoms with Crippen LogP contribution in [-0.2, 0) is 6.42 Å². The van der Waals surface area contributed by atoms with E-state index in [1.165, 1.54) is 81.3 Å². The van der Waals surface area contributed by atoms with Gasteiger partial charge in [0.1, 0.15) is 0 Å². The molecule has 0 aliphatic rings. The van der Waals surface area contributed by atoms with Gasteiger partial charge in [0.2, 0.25) is 0 Å². The van der Waals surface area contributed by atoms with E-state index in [9.17, 15) is 0 Å². The van der Waals surface area contributed by atoms with Crippen LogP contribution >= 0.6 is 0 Å². The average molecular weight is 507 g/mol. The third-order valence-corrected chi connectivity index (χ3v) is 21.3. The van der Waals surface area contributed by atoms with Gasteiger partial charge in [0.25, 0.3) is 0 Å². The first-order valence-corrected chi connectivity index (χ1v) is 19.9. The van der Waals surface area contributed by atoms with Crippen LogP contribution < -0.4 is 3.78 Å². The van der Waals surface area contributed by atoms with Gasteiger partial charge in [0, 0.05) is 0 Å². The van der Waals surface area contributed by atoms with Gasteiger partial charge < -0.3 is 0 Å². The summed E-state index contributed by atoms with van der Waals surface area (Å²) >= 11 is -2.48. The van der Waals surface area contributed by atoms with Gasteiger partial charge >= 0.3 is 184 Å². The summed E-state index contributed by atoms with van der Waals surface area (Å²) in [4.78, 5) is 0. The third-order valence-electron chi connectivity index (χ3n) is 6.34. The molecule has 0 amide bonds. The first-order chi connectivity index (χ1) is 14.2. The summed E-state index contributed by atoms with van der Waals surface area (Å²) in [6, 6.07) is 8.77. The second-order valence-electron chi connectivity index (χ2n) is 8.83.